The van der Waals surface area contributed by atoms with Gasteiger partial charge in [-0.2, -0.15) is 0 Å². The van der Waals surface area contributed by atoms with Gasteiger partial charge in [-0.15, -0.1) is 0 Å². The van der Waals surface area contributed by atoms with Gasteiger partial charge in [0.1, 0.15) is 5.69 Å². The summed E-state index contributed by atoms with van der Waals surface area (Å²) in [4.78, 5) is 25.0. The standard InChI is InChI=1S/C24H28N4O5S/c29-21(16-4-10-31-11-5-16)22-20(19-2-1-9-33-19)26-24(34-22)27-23(30)17-3-6-25-18(14-17)15-28-7-12-32-13-8-28/h1-3,6,9,14,16,21,29H,4-5,7-8,10-13,15H2,(H,26,27,30). The van der Waals surface area contributed by atoms with E-state index in [-0.39, 0.29) is 11.8 Å². The average Bonchev–Trinajstić information content (AvgIpc) is 3.55. The lowest BCUT2D eigenvalue weighted by Crippen LogP contribution is -2.35. The van der Waals surface area contributed by atoms with E-state index in [1.54, 1.807) is 24.6 Å². The van der Waals surface area contributed by atoms with Gasteiger partial charge in [-0.3, -0.25) is 20.0 Å². The predicted octanol–water partition coefficient (Wildman–Crippen LogP) is 3.34. The fourth-order valence-electron chi connectivity index (χ4n) is 4.28. The number of aliphatic hydroxyl groups excluding tert-OH is 1. The predicted molar refractivity (Wildman–Crippen MR) is 127 cm³/mol. The van der Waals surface area contributed by atoms with E-state index < -0.39 is 6.10 Å². The van der Waals surface area contributed by atoms with Gasteiger partial charge < -0.3 is 19.0 Å². The molecule has 10 heteroatoms. The second kappa shape index (κ2) is 10.7. The zero-order chi connectivity index (χ0) is 23.3. The van der Waals surface area contributed by atoms with Crippen LogP contribution in [0, 0.1) is 5.92 Å². The first-order chi connectivity index (χ1) is 16.7. The number of hydrogen-bond acceptors (Lipinski definition) is 9. The van der Waals surface area contributed by atoms with Crippen molar-refractivity contribution in [1.29, 1.82) is 0 Å². The number of carbonyl (C=O) groups excluding carboxylic acids is 1. The van der Waals surface area contributed by atoms with Crippen LogP contribution in [0.3, 0.4) is 0 Å². The van der Waals surface area contributed by atoms with E-state index in [0.717, 1.165) is 31.6 Å². The number of rotatable bonds is 7. The number of carbonyl (C=O) groups is 1. The Hall–Kier alpha value is -2.63. The van der Waals surface area contributed by atoms with Gasteiger partial charge in [0.15, 0.2) is 10.9 Å². The first-order valence-electron chi connectivity index (χ1n) is 11.5. The number of amides is 1. The van der Waals surface area contributed by atoms with Gasteiger partial charge in [0, 0.05) is 44.6 Å². The summed E-state index contributed by atoms with van der Waals surface area (Å²) < 4.78 is 16.4. The molecule has 1 atom stereocenters. The zero-order valence-corrected chi connectivity index (χ0v) is 19.6. The summed E-state index contributed by atoms with van der Waals surface area (Å²) >= 11 is 1.28. The van der Waals surface area contributed by atoms with Crippen LogP contribution in [0.2, 0.25) is 0 Å². The van der Waals surface area contributed by atoms with Crippen LogP contribution in [0.15, 0.2) is 41.1 Å². The van der Waals surface area contributed by atoms with E-state index in [2.05, 4.69) is 20.2 Å². The Bertz CT molecular complexity index is 1090. The maximum Gasteiger partial charge on any atom is 0.257 e. The maximum absolute atomic E-state index is 13.0. The van der Waals surface area contributed by atoms with Crippen LogP contribution < -0.4 is 5.32 Å². The van der Waals surface area contributed by atoms with E-state index in [9.17, 15) is 9.90 Å². The van der Waals surface area contributed by atoms with Crippen LogP contribution in [-0.2, 0) is 16.0 Å². The summed E-state index contributed by atoms with van der Waals surface area (Å²) in [5, 5.41) is 14.4. The fourth-order valence-corrected chi connectivity index (χ4v) is 5.33. The summed E-state index contributed by atoms with van der Waals surface area (Å²) in [7, 11) is 0. The molecule has 0 spiro atoms. The van der Waals surface area contributed by atoms with Crippen molar-refractivity contribution < 1.29 is 23.8 Å². The molecule has 0 aliphatic carbocycles. The van der Waals surface area contributed by atoms with Gasteiger partial charge in [0.25, 0.3) is 5.91 Å². The molecule has 3 aromatic rings. The molecule has 2 saturated heterocycles. The highest BCUT2D eigenvalue weighted by Gasteiger charge is 2.30. The van der Waals surface area contributed by atoms with Crippen molar-refractivity contribution >= 4 is 22.4 Å². The van der Waals surface area contributed by atoms with Gasteiger partial charge in [0.2, 0.25) is 0 Å². The molecule has 0 radical (unpaired) electrons. The molecule has 3 aromatic heterocycles. The Balaban J connectivity index is 1.34. The Labute approximate surface area is 201 Å². The lowest BCUT2D eigenvalue weighted by atomic mass is 9.92. The molecule has 1 amide bonds. The van der Waals surface area contributed by atoms with E-state index in [1.807, 2.05) is 12.1 Å². The Kier molecular flexibility index (Phi) is 7.31. The number of anilines is 1. The highest BCUT2D eigenvalue weighted by Crippen LogP contribution is 2.41. The van der Waals surface area contributed by atoms with Gasteiger partial charge in [-0.05, 0) is 43.0 Å². The van der Waals surface area contributed by atoms with Crippen LogP contribution >= 0.6 is 11.3 Å². The number of pyridine rings is 1. The summed E-state index contributed by atoms with van der Waals surface area (Å²) in [5.74, 6) is 0.376. The normalized spacial score (nSPS) is 18.6. The molecule has 0 aromatic carbocycles. The molecule has 180 valence electrons. The van der Waals surface area contributed by atoms with Gasteiger partial charge in [0.05, 0.1) is 36.2 Å². The van der Waals surface area contributed by atoms with E-state index in [4.69, 9.17) is 13.9 Å². The molecule has 2 N–H and O–H groups in total. The van der Waals surface area contributed by atoms with Crippen molar-refractivity contribution in [2.75, 3.05) is 44.8 Å². The number of morpholine rings is 1. The third-order valence-electron chi connectivity index (χ3n) is 6.18. The van der Waals surface area contributed by atoms with Gasteiger partial charge in [-0.25, -0.2) is 4.98 Å². The number of thiazole rings is 1. The molecule has 2 aliphatic rings. The molecule has 5 heterocycles. The van der Waals surface area contributed by atoms with Crippen molar-refractivity contribution in [3.05, 3.63) is 52.9 Å². The minimum Gasteiger partial charge on any atom is -0.463 e. The van der Waals surface area contributed by atoms with Crippen LogP contribution in [0.1, 0.15) is 39.9 Å². The third kappa shape index (κ3) is 5.37. The topological polar surface area (TPSA) is 110 Å². The average molecular weight is 485 g/mol. The summed E-state index contributed by atoms with van der Waals surface area (Å²) in [5.41, 5.74) is 1.91. The third-order valence-corrected chi connectivity index (χ3v) is 7.22. The molecule has 2 aliphatic heterocycles. The molecule has 1 unspecified atom stereocenters. The van der Waals surface area contributed by atoms with Crippen molar-refractivity contribution in [3.63, 3.8) is 0 Å². The molecular formula is C24H28N4O5S. The highest BCUT2D eigenvalue weighted by atomic mass is 32.1. The lowest BCUT2D eigenvalue weighted by molar-refractivity contribution is 0.00862. The van der Waals surface area contributed by atoms with Crippen LogP contribution in [-0.4, -0.2) is 65.4 Å². The SMILES string of the molecule is O=C(Nc1nc(-c2ccco2)c(C(O)C2CCOCC2)s1)c1ccnc(CN2CCOCC2)c1. The van der Waals surface area contributed by atoms with E-state index in [1.165, 1.54) is 11.3 Å². The monoisotopic (exact) mass is 484 g/mol. The quantitative estimate of drug-likeness (QED) is 0.526. The minimum absolute atomic E-state index is 0.0782. The molecule has 5 rings (SSSR count). The second-order valence-corrected chi connectivity index (χ2v) is 9.51. The number of aliphatic hydroxyl groups is 1. The number of furan rings is 1. The van der Waals surface area contributed by atoms with Crippen molar-refractivity contribution in [3.8, 4) is 11.5 Å². The van der Waals surface area contributed by atoms with Gasteiger partial charge in [-0.1, -0.05) is 11.3 Å². The molecule has 9 nitrogen and oxygen atoms in total. The largest absolute Gasteiger partial charge is 0.463 e. The minimum atomic E-state index is -0.701. The Morgan fingerprint density at radius 2 is 2.00 bits per heavy atom. The van der Waals surface area contributed by atoms with Crippen molar-refractivity contribution in [1.82, 2.24) is 14.9 Å². The smallest absolute Gasteiger partial charge is 0.257 e. The summed E-state index contributed by atoms with van der Waals surface area (Å²) in [6, 6.07) is 7.09. The van der Waals surface area contributed by atoms with E-state index >= 15 is 0 Å². The molecule has 34 heavy (non-hydrogen) atoms. The molecular weight excluding hydrogens is 456 g/mol. The van der Waals surface area contributed by atoms with Gasteiger partial charge >= 0.3 is 0 Å². The molecule has 2 fully saturated rings. The fraction of sp³-hybridized carbons (Fsp3) is 0.458. The maximum atomic E-state index is 13.0. The lowest BCUT2D eigenvalue weighted by Gasteiger charge is -2.26. The second-order valence-electron chi connectivity index (χ2n) is 8.48. The Morgan fingerprint density at radius 1 is 1.21 bits per heavy atom. The number of ether oxygens (including phenoxy) is 2. The summed E-state index contributed by atoms with van der Waals surface area (Å²) in [6.45, 7) is 5.07. The Morgan fingerprint density at radius 3 is 2.76 bits per heavy atom. The molecule has 0 saturated carbocycles. The van der Waals surface area contributed by atoms with Crippen LogP contribution in [0.5, 0.6) is 0 Å². The summed E-state index contributed by atoms with van der Waals surface area (Å²) in [6.07, 6.45) is 4.09. The zero-order valence-electron chi connectivity index (χ0n) is 18.8. The number of nitrogens with one attached hydrogen (secondary N) is 1. The van der Waals surface area contributed by atoms with E-state index in [0.29, 0.717) is 60.0 Å². The van der Waals surface area contributed by atoms with Crippen LogP contribution in [0.25, 0.3) is 11.5 Å². The van der Waals surface area contributed by atoms with Crippen LogP contribution in [0.4, 0.5) is 5.13 Å². The highest BCUT2D eigenvalue weighted by molar-refractivity contribution is 7.16. The number of hydrogen-bond donors (Lipinski definition) is 2. The van der Waals surface area contributed by atoms with Crippen molar-refractivity contribution in [2.24, 2.45) is 5.92 Å². The van der Waals surface area contributed by atoms with Crippen molar-refractivity contribution in [2.45, 2.75) is 25.5 Å². The first-order valence-corrected chi connectivity index (χ1v) is 12.4. The first kappa shape index (κ1) is 23.1. The number of aromatic nitrogens is 2. The number of nitrogens with zero attached hydrogens (tertiary/aromatic N) is 3. The molecule has 0 bridgehead atoms.